The summed E-state index contributed by atoms with van der Waals surface area (Å²) >= 11 is 0. The largest absolute Gasteiger partial charge is 0.493 e. The van der Waals surface area contributed by atoms with Gasteiger partial charge in [-0.3, -0.25) is 4.79 Å². The lowest BCUT2D eigenvalue weighted by molar-refractivity contribution is -0.116. The topological polar surface area (TPSA) is 51.5 Å². The molecule has 3 aromatic carbocycles. The Kier molecular flexibility index (Phi) is 6.08. The van der Waals surface area contributed by atoms with Gasteiger partial charge in [0.05, 0.1) is 12.9 Å². The Labute approximate surface area is 182 Å². The summed E-state index contributed by atoms with van der Waals surface area (Å²) < 4.78 is 11.8. The van der Waals surface area contributed by atoms with Gasteiger partial charge >= 0.3 is 0 Å². The molecule has 0 bridgehead atoms. The van der Waals surface area contributed by atoms with Crippen LogP contribution in [0.2, 0.25) is 0 Å². The number of allylic oxidation sites excluding steroid dienone is 1. The molecule has 1 N–H and O–H groups in total. The molecular formula is C27H27NO3. The fourth-order valence-electron chi connectivity index (χ4n) is 3.79. The van der Waals surface area contributed by atoms with E-state index in [-0.39, 0.29) is 5.91 Å². The van der Waals surface area contributed by atoms with Crippen LogP contribution in [0.25, 0.3) is 38.4 Å². The van der Waals surface area contributed by atoms with Crippen molar-refractivity contribution >= 4 is 33.2 Å². The number of rotatable bonds is 7. The molecule has 4 heteroatoms. The number of nitrogens with one attached hydrogen (secondary N) is 1. The second-order valence-corrected chi connectivity index (χ2v) is 7.61. The number of carbonyl (C=O) groups is 1. The fraction of sp³-hybridized carbons (Fsp3) is 0.222. The summed E-state index contributed by atoms with van der Waals surface area (Å²) in [7, 11) is 0. The van der Waals surface area contributed by atoms with Gasteiger partial charge in [0.25, 0.3) is 0 Å². The minimum absolute atomic E-state index is 0.0937. The Bertz CT molecular complexity index is 1270. The molecule has 0 unspecified atom stereocenters. The van der Waals surface area contributed by atoms with Gasteiger partial charge in [0.1, 0.15) is 11.3 Å². The van der Waals surface area contributed by atoms with E-state index in [0.29, 0.717) is 18.9 Å². The quantitative estimate of drug-likeness (QED) is 0.348. The van der Waals surface area contributed by atoms with Crippen molar-refractivity contribution in [1.82, 2.24) is 5.32 Å². The van der Waals surface area contributed by atoms with Crippen molar-refractivity contribution in [3.8, 4) is 16.9 Å². The first kappa shape index (κ1) is 20.7. The fourth-order valence-corrected chi connectivity index (χ4v) is 3.79. The maximum absolute atomic E-state index is 12.2. The molecule has 0 atom stereocenters. The van der Waals surface area contributed by atoms with Crippen LogP contribution in [0.15, 0.2) is 71.4 Å². The van der Waals surface area contributed by atoms with Gasteiger partial charge in [-0.1, -0.05) is 43.3 Å². The maximum Gasteiger partial charge on any atom is 0.244 e. The smallest absolute Gasteiger partial charge is 0.244 e. The van der Waals surface area contributed by atoms with E-state index in [2.05, 4.69) is 41.7 Å². The number of hydrogen-bond donors (Lipinski definition) is 1. The number of hydrogen-bond acceptors (Lipinski definition) is 3. The first-order valence-electron chi connectivity index (χ1n) is 10.7. The minimum atomic E-state index is -0.0937. The molecule has 0 saturated heterocycles. The van der Waals surface area contributed by atoms with Crippen molar-refractivity contribution < 1.29 is 13.9 Å². The van der Waals surface area contributed by atoms with Crippen LogP contribution in [0.5, 0.6) is 5.75 Å². The second-order valence-electron chi connectivity index (χ2n) is 7.61. The van der Waals surface area contributed by atoms with Crippen molar-refractivity contribution in [2.24, 2.45) is 0 Å². The molecule has 0 aliphatic rings. The third kappa shape index (κ3) is 4.33. The third-order valence-electron chi connectivity index (χ3n) is 5.36. The summed E-state index contributed by atoms with van der Waals surface area (Å²) in [5.74, 6) is 0.621. The lowest BCUT2D eigenvalue weighted by Gasteiger charge is -2.12. The summed E-state index contributed by atoms with van der Waals surface area (Å²) in [6.45, 7) is 7.11. The summed E-state index contributed by atoms with van der Waals surface area (Å²) in [5.41, 5.74) is 4.62. The maximum atomic E-state index is 12.2. The van der Waals surface area contributed by atoms with Gasteiger partial charge < -0.3 is 14.5 Å². The molecule has 0 saturated carbocycles. The highest BCUT2D eigenvalue weighted by Crippen LogP contribution is 2.38. The van der Waals surface area contributed by atoms with E-state index in [4.69, 9.17) is 9.15 Å². The second kappa shape index (κ2) is 9.09. The van der Waals surface area contributed by atoms with Crippen molar-refractivity contribution in [3.63, 3.8) is 0 Å². The minimum Gasteiger partial charge on any atom is -0.493 e. The van der Waals surface area contributed by atoms with E-state index in [9.17, 15) is 4.79 Å². The average molecular weight is 414 g/mol. The molecule has 1 amide bonds. The zero-order valence-corrected chi connectivity index (χ0v) is 18.2. The molecule has 4 aromatic rings. The molecule has 4 rings (SSSR count). The van der Waals surface area contributed by atoms with Crippen molar-refractivity contribution in [2.45, 2.75) is 27.2 Å². The summed E-state index contributed by atoms with van der Waals surface area (Å²) in [5, 5.41) is 6.28. The Balaban J connectivity index is 1.81. The van der Waals surface area contributed by atoms with E-state index in [1.54, 1.807) is 12.3 Å². The zero-order chi connectivity index (χ0) is 21.8. The predicted molar refractivity (Wildman–Crippen MR) is 127 cm³/mol. The highest BCUT2D eigenvalue weighted by Gasteiger charge is 2.15. The third-order valence-corrected chi connectivity index (χ3v) is 5.36. The SMILES string of the molecule is CCCNC(=O)/C=C(\C)c1cc2c(-c3ccc4ccccc4c3)coc2cc1OCC. The van der Waals surface area contributed by atoms with E-state index >= 15 is 0 Å². The molecule has 0 aliphatic carbocycles. The molecule has 0 radical (unpaired) electrons. The summed E-state index contributed by atoms with van der Waals surface area (Å²) in [6, 6.07) is 18.7. The molecule has 4 nitrogen and oxygen atoms in total. The van der Waals surface area contributed by atoms with E-state index in [0.717, 1.165) is 39.7 Å². The lowest BCUT2D eigenvalue weighted by Crippen LogP contribution is -2.21. The molecule has 0 fully saturated rings. The number of amides is 1. The van der Waals surface area contributed by atoms with E-state index < -0.39 is 0 Å². The lowest BCUT2D eigenvalue weighted by atomic mass is 9.97. The average Bonchev–Trinajstić information content (AvgIpc) is 3.19. The Morgan fingerprint density at radius 1 is 1.06 bits per heavy atom. The zero-order valence-electron chi connectivity index (χ0n) is 18.2. The number of fused-ring (bicyclic) bond motifs is 2. The van der Waals surface area contributed by atoms with Crippen LogP contribution in [0.3, 0.4) is 0 Å². The number of benzene rings is 3. The molecule has 0 aliphatic heterocycles. The van der Waals surface area contributed by atoms with Gasteiger partial charge in [-0.25, -0.2) is 0 Å². The monoisotopic (exact) mass is 413 g/mol. The van der Waals surface area contributed by atoms with Gasteiger partial charge in [-0.2, -0.15) is 0 Å². The first-order chi connectivity index (χ1) is 15.1. The summed E-state index contributed by atoms with van der Waals surface area (Å²) in [4.78, 5) is 12.2. The highest BCUT2D eigenvalue weighted by atomic mass is 16.5. The van der Waals surface area contributed by atoms with Crippen molar-refractivity contribution in [1.29, 1.82) is 0 Å². The highest BCUT2D eigenvalue weighted by molar-refractivity contribution is 6.01. The molecule has 158 valence electrons. The number of carbonyl (C=O) groups excluding carboxylic acids is 1. The van der Waals surface area contributed by atoms with Gasteiger partial charge in [0, 0.05) is 35.2 Å². The Hall–Kier alpha value is -3.53. The van der Waals surface area contributed by atoms with Crippen LogP contribution < -0.4 is 10.1 Å². The molecule has 0 spiro atoms. The number of furan rings is 1. The van der Waals surface area contributed by atoms with Gasteiger partial charge in [-0.15, -0.1) is 0 Å². The number of ether oxygens (including phenoxy) is 1. The van der Waals surface area contributed by atoms with Gasteiger partial charge in [0.2, 0.25) is 5.91 Å². The molecule has 1 heterocycles. The Morgan fingerprint density at radius 3 is 2.65 bits per heavy atom. The Morgan fingerprint density at radius 2 is 1.87 bits per heavy atom. The first-order valence-corrected chi connectivity index (χ1v) is 10.7. The van der Waals surface area contributed by atoms with Crippen LogP contribution >= 0.6 is 0 Å². The summed E-state index contributed by atoms with van der Waals surface area (Å²) in [6.07, 6.45) is 4.33. The van der Waals surface area contributed by atoms with E-state index in [1.807, 2.05) is 39.0 Å². The van der Waals surface area contributed by atoms with Crippen LogP contribution in [-0.2, 0) is 4.79 Å². The van der Waals surface area contributed by atoms with Gasteiger partial charge in [-0.05, 0) is 54.3 Å². The van der Waals surface area contributed by atoms with E-state index in [1.165, 1.54) is 10.8 Å². The standard InChI is InChI=1S/C27H27NO3/c1-4-12-28-27(29)13-18(3)22-15-23-24(17-31-26(23)16-25(22)30-5-2)21-11-10-19-8-6-7-9-20(19)14-21/h6-11,13-17H,4-5,12H2,1-3H3,(H,28,29)/b18-13+. The normalized spacial score (nSPS) is 11.8. The molecule has 31 heavy (non-hydrogen) atoms. The molecular weight excluding hydrogens is 386 g/mol. The van der Waals surface area contributed by atoms with Crippen molar-refractivity contribution in [3.05, 3.63) is 72.5 Å². The van der Waals surface area contributed by atoms with Crippen LogP contribution in [-0.4, -0.2) is 19.1 Å². The van der Waals surface area contributed by atoms with Crippen LogP contribution in [0, 0.1) is 0 Å². The predicted octanol–water partition coefficient (Wildman–Crippen LogP) is 6.58. The van der Waals surface area contributed by atoms with Gasteiger partial charge in [0.15, 0.2) is 0 Å². The van der Waals surface area contributed by atoms with Crippen LogP contribution in [0.1, 0.15) is 32.8 Å². The molecule has 1 aromatic heterocycles. The van der Waals surface area contributed by atoms with Crippen molar-refractivity contribution in [2.75, 3.05) is 13.2 Å². The van der Waals surface area contributed by atoms with Crippen LogP contribution in [0.4, 0.5) is 0 Å².